The number of hydrogen-bond acceptors (Lipinski definition) is 2. The summed E-state index contributed by atoms with van der Waals surface area (Å²) in [4.78, 5) is 15.1. The van der Waals surface area contributed by atoms with Crippen LogP contribution in [0.2, 0.25) is 5.02 Å². The van der Waals surface area contributed by atoms with Crippen LogP contribution in [0.3, 0.4) is 0 Å². The summed E-state index contributed by atoms with van der Waals surface area (Å²) in [7, 11) is 0. The molecule has 2 aliphatic rings. The van der Waals surface area contributed by atoms with Crippen LogP contribution in [-0.2, 0) is 11.3 Å². The highest BCUT2D eigenvalue weighted by Crippen LogP contribution is 2.49. The highest BCUT2D eigenvalue weighted by atomic mass is 35.5. The second-order valence-corrected chi connectivity index (χ2v) is 8.35. The summed E-state index contributed by atoms with van der Waals surface area (Å²) in [5.41, 5.74) is 2.48. The van der Waals surface area contributed by atoms with E-state index in [1.165, 1.54) is 18.4 Å². The minimum absolute atomic E-state index is 0.0916. The van der Waals surface area contributed by atoms with Crippen LogP contribution in [0.5, 0.6) is 0 Å². The molecule has 1 saturated heterocycles. The molecule has 1 aliphatic carbocycles. The molecule has 2 fully saturated rings. The van der Waals surface area contributed by atoms with E-state index in [4.69, 9.17) is 11.6 Å². The molecular formula is C23H27ClN2O. The maximum absolute atomic E-state index is 12.5. The second kappa shape index (κ2) is 8.45. The quantitative estimate of drug-likeness (QED) is 0.799. The number of nitrogens with one attached hydrogen (secondary N) is 1. The van der Waals surface area contributed by atoms with Gasteiger partial charge in [-0.3, -0.25) is 9.69 Å². The molecular weight excluding hydrogens is 356 g/mol. The van der Waals surface area contributed by atoms with E-state index in [-0.39, 0.29) is 11.8 Å². The number of nitrogens with zero attached hydrogens (tertiary/aromatic N) is 1. The zero-order valence-corrected chi connectivity index (χ0v) is 16.4. The number of hydrogen-bond donors (Lipinski definition) is 1. The van der Waals surface area contributed by atoms with Gasteiger partial charge in [0.1, 0.15) is 0 Å². The first kappa shape index (κ1) is 18.5. The smallest absolute Gasteiger partial charge is 0.223 e. The fourth-order valence-corrected chi connectivity index (χ4v) is 4.56. The Morgan fingerprint density at radius 1 is 1.11 bits per heavy atom. The lowest BCUT2D eigenvalue weighted by Crippen LogP contribution is -2.41. The van der Waals surface area contributed by atoms with Crippen molar-refractivity contribution in [1.82, 2.24) is 10.2 Å². The molecule has 4 heteroatoms. The maximum Gasteiger partial charge on any atom is 0.223 e. The van der Waals surface area contributed by atoms with E-state index in [0.717, 1.165) is 43.2 Å². The van der Waals surface area contributed by atoms with Crippen molar-refractivity contribution in [2.24, 2.45) is 11.8 Å². The van der Waals surface area contributed by atoms with Crippen molar-refractivity contribution in [2.45, 2.75) is 31.7 Å². The maximum atomic E-state index is 12.5. The van der Waals surface area contributed by atoms with Crippen molar-refractivity contribution in [2.75, 3.05) is 19.6 Å². The fourth-order valence-electron chi connectivity index (χ4n) is 4.28. The number of carbonyl (C=O) groups excluding carboxylic acids is 1. The molecule has 3 atom stereocenters. The van der Waals surface area contributed by atoms with Crippen LogP contribution < -0.4 is 5.32 Å². The fraction of sp³-hybridized carbons (Fsp3) is 0.435. The molecule has 3 nitrogen and oxygen atoms in total. The van der Waals surface area contributed by atoms with Crippen LogP contribution in [-0.4, -0.2) is 30.4 Å². The zero-order chi connectivity index (χ0) is 18.6. The Morgan fingerprint density at radius 3 is 2.70 bits per heavy atom. The van der Waals surface area contributed by atoms with Crippen LogP contribution in [0.15, 0.2) is 54.6 Å². The van der Waals surface area contributed by atoms with Gasteiger partial charge in [0.25, 0.3) is 0 Å². The lowest BCUT2D eigenvalue weighted by molar-refractivity contribution is -0.122. The third-order valence-corrected chi connectivity index (χ3v) is 6.19. The van der Waals surface area contributed by atoms with Gasteiger partial charge in [0.2, 0.25) is 5.91 Å². The largest absolute Gasteiger partial charge is 0.356 e. The van der Waals surface area contributed by atoms with E-state index in [2.05, 4.69) is 40.5 Å². The molecule has 0 spiro atoms. The van der Waals surface area contributed by atoms with Crippen molar-refractivity contribution < 1.29 is 4.79 Å². The summed E-state index contributed by atoms with van der Waals surface area (Å²) in [6.45, 7) is 4.00. The van der Waals surface area contributed by atoms with Gasteiger partial charge in [-0.05, 0) is 54.8 Å². The van der Waals surface area contributed by atoms with Gasteiger partial charge in [-0.15, -0.1) is 0 Å². The van der Waals surface area contributed by atoms with Crippen LogP contribution >= 0.6 is 11.6 Å². The number of amides is 1. The predicted molar refractivity (Wildman–Crippen MR) is 110 cm³/mol. The first-order chi connectivity index (χ1) is 13.2. The predicted octanol–water partition coefficient (Wildman–Crippen LogP) is 4.47. The van der Waals surface area contributed by atoms with Gasteiger partial charge in [0.15, 0.2) is 0 Å². The third kappa shape index (κ3) is 4.72. The van der Waals surface area contributed by atoms with E-state index in [0.29, 0.717) is 11.8 Å². The second-order valence-electron chi connectivity index (χ2n) is 7.94. The van der Waals surface area contributed by atoms with Crippen LogP contribution in [0.4, 0.5) is 0 Å². The average molecular weight is 383 g/mol. The molecule has 1 amide bonds. The van der Waals surface area contributed by atoms with Gasteiger partial charge in [-0.1, -0.05) is 60.1 Å². The number of piperidine rings is 1. The molecule has 27 heavy (non-hydrogen) atoms. The number of halogens is 1. The topological polar surface area (TPSA) is 32.3 Å². The molecule has 1 saturated carbocycles. The van der Waals surface area contributed by atoms with E-state index >= 15 is 0 Å². The van der Waals surface area contributed by atoms with Crippen molar-refractivity contribution in [1.29, 1.82) is 0 Å². The Bertz CT molecular complexity index is 779. The molecule has 0 aromatic heterocycles. The molecule has 1 heterocycles. The Morgan fingerprint density at radius 2 is 1.89 bits per heavy atom. The summed E-state index contributed by atoms with van der Waals surface area (Å²) in [6, 6.07) is 18.5. The lowest BCUT2D eigenvalue weighted by Gasteiger charge is -2.32. The van der Waals surface area contributed by atoms with Crippen LogP contribution in [0.1, 0.15) is 36.3 Å². The highest BCUT2D eigenvalue weighted by Gasteiger charge is 2.44. The first-order valence-electron chi connectivity index (χ1n) is 9.99. The Balaban J connectivity index is 1.24. The summed E-state index contributed by atoms with van der Waals surface area (Å²) in [5, 5.41) is 3.99. The summed E-state index contributed by atoms with van der Waals surface area (Å²) >= 11 is 6.27. The van der Waals surface area contributed by atoms with Crippen molar-refractivity contribution in [3.63, 3.8) is 0 Å². The first-order valence-corrected chi connectivity index (χ1v) is 10.4. The van der Waals surface area contributed by atoms with Crippen LogP contribution in [0.25, 0.3) is 0 Å². The third-order valence-electron chi connectivity index (χ3n) is 5.85. The number of likely N-dealkylation sites (tertiary alicyclic amines) is 1. The molecule has 0 bridgehead atoms. The summed E-state index contributed by atoms with van der Waals surface area (Å²) in [6.07, 6.45) is 3.32. The molecule has 0 radical (unpaired) electrons. The van der Waals surface area contributed by atoms with E-state index in [9.17, 15) is 4.79 Å². The zero-order valence-electron chi connectivity index (χ0n) is 15.6. The number of rotatable bonds is 6. The normalized spacial score (nSPS) is 25.1. The molecule has 2 aromatic rings. The van der Waals surface area contributed by atoms with Gasteiger partial charge >= 0.3 is 0 Å². The summed E-state index contributed by atoms with van der Waals surface area (Å²) < 4.78 is 0. The summed E-state index contributed by atoms with van der Waals surface area (Å²) in [5.74, 6) is 1.12. The SMILES string of the molecule is O=C(NCC1CCCN(Cc2ccccc2)C1)C1CC1c1ccccc1Cl. The monoisotopic (exact) mass is 382 g/mol. The van der Waals surface area contributed by atoms with Gasteiger partial charge < -0.3 is 5.32 Å². The Kier molecular flexibility index (Phi) is 5.80. The van der Waals surface area contributed by atoms with Gasteiger partial charge in [-0.2, -0.15) is 0 Å². The molecule has 1 N–H and O–H groups in total. The number of benzene rings is 2. The number of carbonyl (C=O) groups is 1. The Labute approximate surface area is 166 Å². The molecule has 4 rings (SSSR count). The van der Waals surface area contributed by atoms with E-state index in [1.54, 1.807) is 0 Å². The minimum Gasteiger partial charge on any atom is -0.356 e. The van der Waals surface area contributed by atoms with Crippen LogP contribution in [0, 0.1) is 11.8 Å². The minimum atomic E-state index is 0.0916. The van der Waals surface area contributed by atoms with E-state index in [1.807, 2.05) is 24.3 Å². The lowest BCUT2D eigenvalue weighted by atomic mass is 9.97. The van der Waals surface area contributed by atoms with Gasteiger partial charge in [-0.25, -0.2) is 0 Å². The van der Waals surface area contributed by atoms with Gasteiger partial charge in [0, 0.05) is 30.6 Å². The van der Waals surface area contributed by atoms with Crippen molar-refractivity contribution in [3.8, 4) is 0 Å². The average Bonchev–Trinajstić information content (AvgIpc) is 3.48. The molecule has 1 aliphatic heterocycles. The molecule has 2 aromatic carbocycles. The molecule has 142 valence electrons. The van der Waals surface area contributed by atoms with Gasteiger partial charge in [0.05, 0.1) is 0 Å². The Hall–Kier alpha value is -1.84. The van der Waals surface area contributed by atoms with E-state index < -0.39 is 0 Å². The van der Waals surface area contributed by atoms with Crippen molar-refractivity contribution in [3.05, 3.63) is 70.7 Å². The van der Waals surface area contributed by atoms with Crippen molar-refractivity contribution >= 4 is 17.5 Å². The molecule has 3 unspecified atom stereocenters. The standard InChI is InChI=1S/C23H27ClN2O/c24-22-11-5-4-10-19(22)20-13-21(20)23(27)25-14-18-9-6-12-26(16-18)15-17-7-2-1-3-8-17/h1-5,7-8,10-11,18,20-21H,6,9,12-16H2,(H,25,27). The highest BCUT2D eigenvalue weighted by molar-refractivity contribution is 6.31.